The van der Waals surface area contributed by atoms with Gasteiger partial charge < -0.3 is 0 Å². The van der Waals surface area contributed by atoms with Crippen molar-refractivity contribution in [3.05, 3.63) is 0 Å². The molecule has 0 N–H and O–H groups in total. The van der Waals surface area contributed by atoms with Gasteiger partial charge in [0.15, 0.2) is 0 Å². The Morgan fingerprint density at radius 1 is 0.636 bits per heavy atom. The Kier molecular flexibility index (Phi) is 8.05. The molecule has 0 bridgehead atoms. The van der Waals surface area contributed by atoms with Crippen LogP contribution in [0, 0.1) is 0 Å². The normalized spacial score (nSPS) is 17.5. The van der Waals surface area contributed by atoms with Crippen molar-refractivity contribution in [1.29, 1.82) is 0 Å². The molecule has 0 heterocycles. The molecule has 0 amide bonds. The van der Waals surface area contributed by atoms with Crippen LogP contribution in [0.25, 0.3) is 0 Å². The molecule has 0 saturated heterocycles. The van der Waals surface area contributed by atoms with E-state index in [0.29, 0.717) is 0 Å². The second-order valence-electron chi connectivity index (χ2n) is 1.51. The van der Waals surface area contributed by atoms with Crippen LogP contribution in [0.15, 0.2) is 0 Å². The van der Waals surface area contributed by atoms with Crippen LogP contribution in [0.3, 0.4) is 0 Å². The van der Waals surface area contributed by atoms with Crippen LogP contribution in [-0.4, -0.2) is 33.2 Å². The molecule has 0 aromatic heterocycles. The van der Waals surface area contributed by atoms with E-state index >= 15 is 0 Å². The fraction of sp³-hybridized carbons (Fsp3) is 1.00. The van der Waals surface area contributed by atoms with Gasteiger partial charge in [-0.05, 0) is 0 Å². The molecule has 68 valence electrons. The number of halogens is 6. The zero-order valence-electron chi connectivity index (χ0n) is 4.99. The van der Waals surface area contributed by atoms with Crippen LogP contribution in [0.4, 0.5) is 0 Å². The first kappa shape index (κ1) is 13.3. The molecule has 0 aliphatic heterocycles. The Labute approximate surface area is 102 Å². The molecule has 0 aliphatic carbocycles. The first-order chi connectivity index (χ1) is 4.95. The maximum atomic E-state index is 5.72. The van der Waals surface area contributed by atoms with E-state index in [0.717, 1.165) is 0 Å². The molecule has 0 aliphatic rings. The van der Waals surface area contributed by atoms with Gasteiger partial charge in [0.2, 0.25) is 0 Å². The van der Waals surface area contributed by atoms with Crippen molar-refractivity contribution in [3.8, 4) is 0 Å². The van der Waals surface area contributed by atoms with Gasteiger partial charge in [-0.2, -0.15) is 0 Å². The van der Waals surface area contributed by atoms with E-state index in [1.807, 2.05) is 0 Å². The maximum absolute atomic E-state index is 5.72. The van der Waals surface area contributed by atoms with Gasteiger partial charge in [-0.1, -0.05) is 0 Å². The molecule has 0 saturated carbocycles. The first-order valence-electron chi connectivity index (χ1n) is 2.45. The first-order valence-corrected chi connectivity index (χ1v) is 7.04. The summed E-state index contributed by atoms with van der Waals surface area (Å²) in [5.41, 5.74) is 0. The molecule has 0 radical (unpaired) electrons. The summed E-state index contributed by atoms with van der Waals surface area (Å²) in [4.78, 5) is -1.24. The van der Waals surface area contributed by atoms with Crippen LogP contribution in [0.2, 0.25) is 0 Å². The average molecular weight is 344 g/mol. The molecule has 2 atom stereocenters. The van der Waals surface area contributed by atoms with Gasteiger partial charge in [-0.3, -0.25) is 0 Å². The van der Waals surface area contributed by atoms with Crippen molar-refractivity contribution in [2.24, 2.45) is 0 Å². The minimum absolute atomic E-state index is 0.161. The molecule has 0 fully saturated rings. The fourth-order valence-electron chi connectivity index (χ4n) is 0.243. The van der Waals surface area contributed by atoms with Crippen molar-refractivity contribution in [3.63, 3.8) is 0 Å². The summed E-state index contributed by atoms with van der Waals surface area (Å²) in [7, 11) is 0. The van der Waals surface area contributed by atoms with Crippen LogP contribution in [-0.2, 0) is 0 Å². The quantitative estimate of drug-likeness (QED) is 0.542. The number of rotatable bonds is 4. The topological polar surface area (TPSA) is 0 Å². The van der Waals surface area contributed by atoms with E-state index in [9.17, 15) is 0 Å². The summed E-state index contributed by atoms with van der Waals surface area (Å²) in [5.74, 6) is 0. The Balaban J connectivity index is 3.66. The second-order valence-corrected chi connectivity index (χ2v) is 8.65. The average Bonchev–Trinajstić information content (AvgIpc) is 1.87. The van der Waals surface area contributed by atoms with Crippen LogP contribution in [0.5, 0.6) is 0 Å². The summed E-state index contributed by atoms with van der Waals surface area (Å²) in [6, 6.07) is 0. The predicted octanol–water partition coefficient (Wildman–Crippen LogP) is 3.43. The van der Waals surface area contributed by atoms with Gasteiger partial charge in [0, 0.05) is 0 Å². The zero-order chi connectivity index (χ0) is 9.02. The van der Waals surface area contributed by atoms with Crippen molar-refractivity contribution in [1.82, 2.24) is 0 Å². The molecule has 0 aromatic carbocycles. The fourth-order valence-corrected chi connectivity index (χ4v) is 3.92. The zero-order valence-corrected chi connectivity index (χ0v) is 11.2. The summed E-state index contributed by atoms with van der Waals surface area (Å²) < 4.78 is -0.707. The van der Waals surface area contributed by atoms with Crippen molar-refractivity contribution < 1.29 is 0 Å². The van der Waals surface area contributed by atoms with Crippen molar-refractivity contribution >= 4 is 84.6 Å². The number of hydrogen-bond donors (Lipinski definition) is 0. The summed E-state index contributed by atoms with van der Waals surface area (Å²) in [6.07, 6.45) is 0. The summed E-state index contributed by atoms with van der Waals surface area (Å²) in [6.45, 7) is 0. The van der Waals surface area contributed by atoms with Gasteiger partial charge >= 0.3 is 103 Å². The molecular weight excluding hydrogens is 340 g/mol. The molecule has 7 heteroatoms. The SMILES string of the molecule is ClC(Cl)C(Cl)[Se]C(Cl)C(Cl)Cl. The molecular formula is C4H4Cl6Se. The summed E-state index contributed by atoms with van der Waals surface area (Å²) >= 11 is 33.2. The van der Waals surface area contributed by atoms with E-state index in [4.69, 9.17) is 69.6 Å². The Morgan fingerprint density at radius 3 is 1.09 bits per heavy atom. The third-order valence-electron chi connectivity index (χ3n) is 0.656. The van der Waals surface area contributed by atoms with Crippen LogP contribution in [0.1, 0.15) is 0 Å². The Morgan fingerprint density at radius 2 is 0.909 bits per heavy atom. The second kappa shape index (κ2) is 6.67. The molecule has 11 heavy (non-hydrogen) atoms. The van der Waals surface area contributed by atoms with E-state index in [-0.39, 0.29) is 23.5 Å². The molecule has 0 aromatic rings. The monoisotopic (exact) mass is 342 g/mol. The van der Waals surface area contributed by atoms with Crippen molar-refractivity contribution in [2.75, 3.05) is 0 Å². The standard InChI is InChI=1S/C4H4Cl6Se/c5-1(6)3(9)11-4(10)2(7)8/h1-4H. The van der Waals surface area contributed by atoms with Gasteiger partial charge in [0.05, 0.1) is 0 Å². The third-order valence-corrected chi connectivity index (χ3v) is 7.34. The van der Waals surface area contributed by atoms with Gasteiger partial charge in [-0.15, -0.1) is 0 Å². The molecule has 0 nitrogen and oxygen atoms in total. The van der Waals surface area contributed by atoms with Crippen molar-refractivity contribution in [2.45, 2.75) is 18.2 Å². The van der Waals surface area contributed by atoms with Gasteiger partial charge in [-0.25, -0.2) is 0 Å². The third kappa shape index (κ3) is 6.35. The minimum atomic E-state index is -0.620. The van der Waals surface area contributed by atoms with E-state index in [2.05, 4.69) is 0 Å². The number of alkyl halides is 6. The van der Waals surface area contributed by atoms with Crippen LogP contribution < -0.4 is 0 Å². The Bertz CT molecular complexity index is 94.8. The van der Waals surface area contributed by atoms with Crippen LogP contribution >= 0.6 is 69.6 Å². The summed E-state index contributed by atoms with van der Waals surface area (Å²) in [5, 5.41) is 0. The van der Waals surface area contributed by atoms with Gasteiger partial charge in [0.1, 0.15) is 0 Å². The molecule has 0 spiro atoms. The van der Waals surface area contributed by atoms with E-state index in [1.165, 1.54) is 0 Å². The van der Waals surface area contributed by atoms with E-state index < -0.39 is 9.67 Å². The molecule has 0 rings (SSSR count). The Hall–Kier alpha value is 2.26. The van der Waals surface area contributed by atoms with E-state index in [1.54, 1.807) is 0 Å². The molecule has 2 unspecified atom stereocenters. The van der Waals surface area contributed by atoms with Gasteiger partial charge in [0.25, 0.3) is 0 Å². The number of hydrogen-bond acceptors (Lipinski definition) is 0. The predicted molar refractivity (Wildman–Crippen MR) is 56.0 cm³/mol.